The van der Waals surface area contributed by atoms with Crippen molar-refractivity contribution < 1.29 is 20.1 Å². The minimum Gasteiger partial charge on any atom is -0.545 e. The summed E-state index contributed by atoms with van der Waals surface area (Å²) in [7, 11) is 0. The van der Waals surface area contributed by atoms with Crippen LogP contribution in [-0.4, -0.2) is 29.4 Å². The van der Waals surface area contributed by atoms with Crippen LogP contribution in [0, 0.1) is 0 Å². The van der Waals surface area contributed by atoms with E-state index >= 15 is 0 Å². The molecule has 0 saturated carbocycles. The van der Waals surface area contributed by atoms with Crippen molar-refractivity contribution >= 4 is 5.97 Å². The Morgan fingerprint density at radius 2 is 1.44 bits per heavy atom. The first-order valence-corrected chi connectivity index (χ1v) is 4.62. The Morgan fingerprint density at radius 1 is 1.12 bits per heavy atom. The first-order chi connectivity index (χ1) is 7.13. The molecular weight excluding hydrogens is 210 g/mol. The van der Waals surface area contributed by atoms with Gasteiger partial charge in [0.05, 0.1) is 5.97 Å². The molecule has 0 amide bonds. The summed E-state index contributed by atoms with van der Waals surface area (Å²) in [5.74, 6) is -1.13. The fraction of sp³-hybridized carbons (Fsp3) is 0.364. The van der Waals surface area contributed by atoms with Gasteiger partial charge in [-0.1, -0.05) is 30.3 Å². The van der Waals surface area contributed by atoms with Crippen LogP contribution in [0.4, 0.5) is 0 Å². The fourth-order valence-electron chi connectivity index (χ4n) is 0.574. The van der Waals surface area contributed by atoms with E-state index in [1.807, 2.05) is 0 Å². The third kappa shape index (κ3) is 15.1. The summed E-state index contributed by atoms with van der Waals surface area (Å²) >= 11 is 0. The molecule has 0 aliphatic heterocycles. The van der Waals surface area contributed by atoms with Crippen LogP contribution in [-0.2, 0) is 0 Å². The number of hydrogen-bond acceptors (Lipinski definition) is 4. The highest BCUT2D eigenvalue weighted by Gasteiger charge is 1.85. The largest absolute Gasteiger partial charge is 0.545 e. The van der Waals surface area contributed by atoms with Crippen molar-refractivity contribution in [3.8, 4) is 0 Å². The normalized spacial score (nSPS) is 7.25. The summed E-state index contributed by atoms with van der Waals surface area (Å²) in [5, 5.41) is 25.2. The van der Waals surface area contributed by atoms with E-state index in [4.69, 9.17) is 10.2 Å². The van der Waals surface area contributed by atoms with Gasteiger partial charge in [-0.2, -0.15) is 0 Å². The molecule has 0 unspecified atom stereocenters. The Balaban J connectivity index is -0.000000207. The molecule has 1 aromatic rings. The number of quaternary nitrogens is 1. The number of carboxylic acid groups (broad SMARTS) is 1. The SMILES string of the molecule is CCO.CCO.O=C([O-])c1ccccc1.[NH4+]. The number of carbonyl (C=O) groups excluding carboxylic acids is 1. The van der Waals surface area contributed by atoms with E-state index in [-0.39, 0.29) is 24.9 Å². The lowest BCUT2D eigenvalue weighted by Crippen LogP contribution is -2.21. The van der Waals surface area contributed by atoms with Crippen LogP contribution in [0.1, 0.15) is 24.2 Å². The van der Waals surface area contributed by atoms with Crippen molar-refractivity contribution in [2.45, 2.75) is 13.8 Å². The van der Waals surface area contributed by atoms with Crippen LogP contribution >= 0.6 is 0 Å². The fourth-order valence-corrected chi connectivity index (χ4v) is 0.574. The molecule has 94 valence electrons. The van der Waals surface area contributed by atoms with Gasteiger partial charge in [0.15, 0.2) is 0 Å². The summed E-state index contributed by atoms with van der Waals surface area (Å²) in [5.41, 5.74) is 0.220. The molecule has 0 spiro atoms. The summed E-state index contributed by atoms with van der Waals surface area (Å²) in [6, 6.07) is 8.06. The van der Waals surface area contributed by atoms with Gasteiger partial charge in [-0.05, 0) is 19.4 Å². The highest BCUT2D eigenvalue weighted by Crippen LogP contribution is 1.94. The van der Waals surface area contributed by atoms with Crippen molar-refractivity contribution in [3.63, 3.8) is 0 Å². The number of rotatable bonds is 1. The zero-order valence-corrected chi connectivity index (χ0v) is 10.0. The molecule has 5 nitrogen and oxygen atoms in total. The van der Waals surface area contributed by atoms with E-state index < -0.39 is 5.97 Å². The lowest BCUT2D eigenvalue weighted by Gasteiger charge is -1.97. The van der Waals surface area contributed by atoms with Crippen molar-refractivity contribution in [1.29, 1.82) is 0 Å². The van der Waals surface area contributed by atoms with E-state index in [0.717, 1.165) is 0 Å². The molecule has 0 aromatic heterocycles. The number of aliphatic hydroxyl groups excluding tert-OH is 2. The molecule has 0 bridgehead atoms. The number of carboxylic acids is 1. The second kappa shape index (κ2) is 16.0. The molecule has 0 radical (unpaired) electrons. The van der Waals surface area contributed by atoms with Crippen LogP contribution in [0.25, 0.3) is 0 Å². The summed E-state index contributed by atoms with van der Waals surface area (Å²) in [6.07, 6.45) is 0. The Morgan fingerprint density at radius 3 is 1.62 bits per heavy atom. The Kier molecular flexibility index (Phi) is 20.1. The van der Waals surface area contributed by atoms with E-state index in [2.05, 4.69) is 0 Å². The van der Waals surface area contributed by atoms with Crippen molar-refractivity contribution in [3.05, 3.63) is 35.9 Å². The highest BCUT2D eigenvalue weighted by atomic mass is 16.4. The second-order valence-corrected chi connectivity index (χ2v) is 2.29. The maximum Gasteiger partial charge on any atom is 0.0715 e. The first-order valence-electron chi connectivity index (χ1n) is 4.62. The second-order valence-electron chi connectivity index (χ2n) is 2.29. The van der Waals surface area contributed by atoms with Crippen LogP contribution in [0.2, 0.25) is 0 Å². The predicted molar refractivity (Wildman–Crippen MR) is 62.3 cm³/mol. The lowest BCUT2D eigenvalue weighted by molar-refractivity contribution is -0.255. The number of aliphatic hydroxyl groups is 2. The van der Waals surface area contributed by atoms with E-state index in [9.17, 15) is 9.90 Å². The molecule has 0 saturated heterocycles. The number of benzene rings is 1. The van der Waals surface area contributed by atoms with Gasteiger partial charge in [0.2, 0.25) is 0 Å². The molecule has 0 fully saturated rings. The maximum absolute atomic E-state index is 10.1. The summed E-state index contributed by atoms with van der Waals surface area (Å²) < 4.78 is 0. The standard InChI is InChI=1S/C7H6O2.2C2H6O.H3N/c8-7(9)6-4-2-1-3-5-6;2*1-2-3;/h1-5H,(H,8,9);2*3H,2H2,1H3;1H3. The average Bonchev–Trinajstić information content (AvgIpc) is 2.21. The molecule has 6 N–H and O–H groups in total. The van der Waals surface area contributed by atoms with Gasteiger partial charge >= 0.3 is 0 Å². The van der Waals surface area contributed by atoms with Gasteiger partial charge in [-0.25, -0.2) is 0 Å². The molecule has 1 aromatic carbocycles. The molecule has 0 aliphatic carbocycles. The number of carbonyl (C=O) groups is 1. The Bertz CT molecular complexity index is 237. The van der Waals surface area contributed by atoms with E-state index in [0.29, 0.717) is 0 Å². The molecular formula is C11H21NO4. The summed E-state index contributed by atoms with van der Waals surface area (Å²) in [4.78, 5) is 10.1. The van der Waals surface area contributed by atoms with Crippen LogP contribution in [0.5, 0.6) is 0 Å². The molecule has 0 heterocycles. The van der Waals surface area contributed by atoms with Crippen molar-refractivity contribution in [1.82, 2.24) is 6.15 Å². The van der Waals surface area contributed by atoms with E-state index in [1.165, 1.54) is 12.1 Å². The van der Waals surface area contributed by atoms with Crippen LogP contribution in [0.3, 0.4) is 0 Å². The molecule has 0 aliphatic rings. The minimum absolute atomic E-state index is 0. The van der Waals surface area contributed by atoms with Crippen molar-refractivity contribution in [2.24, 2.45) is 0 Å². The summed E-state index contributed by atoms with van der Waals surface area (Å²) in [6.45, 7) is 3.86. The molecule has 5 heteroatoms. The van der Waals surface area contributed by atoms with Crippen LogP contribution < -0.4 is 11.3 Å². The monoisotopic (exact) mass is 231 g/mol. The average molecular weight is 231 g/mol. The highest BCUT2D eigenvalue weighted by molar-refractivity contribution is 5.85. The van der Waals surface area contributed by atoms with Gasteiger partial charge in [0.1, 0.15) is 0 Å². The lowest BCUT2D eigenvalue weighted by atomic mass is 10.2. The van der Waals surface area contributed by atoms with E-state index in [1.54, 1.807) is 32.0 Å². The van der Waals surface area contributed by atoms with Gasteiger partial charge in [-0.15, -0.1) is 0 Å². The zero-order chi connectivity index (χ0) is 12.1. The molecule has 1 rings (SSSR count). The number of aromatic carboxylic acids is 1. The van der Waals surface area contributed by atoms with Gasteiger partial charge < -0.3 is 26.3 Å². The Hall–Kier alpha value is -1.43. The van der Waals surface area contributed by atoms with Gasteiger partial charge in [-0.3, -0.25) is 0 Å². The maximum atomic E-state index is 10.1. The van der Waals surface area contributed by atoms with Crippen molar-refractivity contribution in [2.75, 3.05) is 13.2 Å². The smallest absolute Gasteiger partial charge is 0.0715 e. The van der Waals surface area contributed by atoms with Crippen LogP contribution in [0.15, 0.2) is 30.3 Å². The minimum atomic E-state index is -1.13. The zero-order valence-electron chi connectivity index (χ0n) is 10.0. The molecule has 16 heavy (non-hydrogen) atoms. The topological polar surface area (TPSA) is 117 Å². The molecule has 0 atom stereocenters. The third-order valence-electron chi connectivity index (χ3n) is 1.01. The first kappa shape index (κ1) is 20.0. The van der Waals surface area contributed by atoms with Gasteiger partial charge in [0.25, 0.3) is 0 Å². The van der Waals surface area contributed by atoms with Gasteiger partial charge in [0, 0.05) is 13.2 Å². The predicted octanol–water partition coefficient (Wildman–Crippen LogP) is 0.423. The third-order valence-corrected chi connectivity index (χ3v) is 1.01. The Labute approximate surface area is 95.9 Å². The number of hydrogen-bond donors (Lipinski definition) is 3. The quantitative estimate of drug-likeness (QED) is 0.649.